The van der Waals surface area contributed by atoms with E-state index in [1.54, 1.807) is 11.8 Å². The maximum Gasteiger partial charge on any atom is 0.164 e. The summed E-state index contributed by atoms with van der Waals surface area (Å²) < 4.78 is 23.8. The Labute approximate surface area is 132 Å². The number of rotatable bonds is 6. The number of thioether (sulfide) groups is 1. The second kappa shape index (κ2) is 7.63. The fraction of sp³-hybridized carbons (Fsp3) is 0.600. The molecule has 1 aromatic carbocycles. The molecule has 1 heterocycles. The highest BCUT2D eigenvalue weighted by atomic mass is 32.2. The maximum atomic E-state index is 11.9. The molecule has 1 N–H and O–H groups in total. The number of hydrogen-bond acceptors (Lipinski definition) is 5. The van der Waals surface area contributed by atoms with Crippen molar-refractivity contribution in [3.8, 4) is 0 Å². The minimum Gasteiger partial charge on any atom is -0.313 e. The van der Waals surface area contributed by atoms with Gasteiger partial charge in [-0.3, -0.25) is 4.90 Å². The van der Waals surface area contributed by atoms with Gasteiger partial charge in [-0.25, -0.2) is 8.42 Å². The molecule has 2 rings (SSSR count). The minimum absolute atomic E-state index is 0.265. The normalized spacial score (nSPS) is 22.1. The number of nitrogens with zero attached hydrogens (tertiary/aromatic N) is 1. The van der Waals surface area contributed by atoms with Gasteiger partial charge in [0.05, 0.1) is 0 Å². The van der Waals surface area contributed by atoms with Crippen molar-refractivity contribution in [2.75, 3.05) is 37.9 Å². The van der Waals surface area contributed by atoms with E-state index in [0.29, 0.717) is 5.75 Å². The molecule has 2 unspecified atom stereocenters. The van der Waals surface area contributed by atoms with E-state index in [0.717, 1.165) is 25.3 Å². The summed E-state index contributed by atoms with van der Waals surface area (Å²) in [6.07, 6.45) is 2.26. The van der Waals surface area contributed by atoms with E-state index >= 15 is 0 Å². The molecule has 1 aliphatic rings. The molecular formula is C15H24N2O2S2. The van der Waals surface area contributed by atoms with Gasteiger partial charge in [-0.1, -0.05) is 30.3 Å². The summed E-state index contributed by atoms with van der Waals surface area (Å²) in [6, 6.07) is 10.6. The molecule has 0 spiro atoms. The lowest BCUT2D eigenvalue weighted by Gasteiger charge is -2.34. The number of benzene rings is 1. The molecule has 1 aromatic rings. The van der Waals surface area contributed by atoms with Gasteiger partial charge in [0, 0.05) is 36.9 Å². The van der Waals surface area contributed by atoms with Crippen LogP contribution in [0.1, 0.15) is 18.0 Å². The monoisotopic (exact) mass is 328 g/mol. The summed E-state index contributed by atoms with van der Waals surface area (Å²) in [4.78, 5) is 2.12. The Balaban J connectivity index is 1.99. The average Bonchev–Trinajstić information content (AvgIpc) is 2.48. The molecule has 0 radical (unpaired) electrons. The van der Waals surface area contributed by atoms with Gasteiger partial charge in [0.2, 0.25) is 0 Å². The van der Waals surface area contributed by atoms with Crippen molar-refractivity contribution in [3.63, 3.8) is 0 Å². The van der Waals surface area contributed by atoms with E-state index in [1.807, 2.05) is 25.2 Å². The van der Waals surface area contributed by atoms with Crippen molar-refractivity contribution in [1.29, 1.82) is 0 Å². The minimum atomic E-state index is -3.01. The van der Waals surface area contributed by atoms with Gasteiger partial charge >= 0.3 is 0 Å². The van der Waals surface area contributed by atoms with Gasteiger partial charge in [-0.15, -0.1) is 0 Å². The molecule has 0 aliphatic carbocycles. The van der Waals surface area contributed by atoms with Gasteiger partial charge in [0.15, 0.2) is 9.84 Å². The zero-order chi connectivity index (χ0) is 15.3. The SMILES string of the molecule is CNC(CCN1CCSCC1S(C)(=O)=O)c1ccccc1. The zero-order valence-electron chi connectivity index (χ0n) is 12.7. The first kappa shape index (κ1) is 16.8. The van der Waals surface area contributed by atoms with Crippen molar-refractivity contribution in [1.82, 2.24) is 10.2 Å². The summed E-state index contributed by atoms with van der Waals surface area (Å²) in [7, 11) is -1.05. The van der Waals surface area contributed by atoms with Crippen LogP contribution in [0.15, 0.2) is 30.3 Å². The lowest BCUT2D eigenvalue weighted by atomic mass is 10.0. The van der Waals surface area contributed by atoms with Crippen LogP contribution >= 0.6 is 11.8 Å². The molecular weight excluding hydrogens is 304 g/mol. The first-order valence-electron chi connectivity index (χ1n) is 7.25. The van der Waals surface area contributed by atoms with Crippen molar-refractivity contribution >= 4 is 21.6 Å². The molecule has 6 heteroatoms. The smallest absolute Gasteiger partial charge is 0.164 e. The molecule has 0 saturated carbocycles. The highest BCUT2D eigenvalue weighted by Crippen LogP contribution is 2.23. The zero-order valence-corrected chi connectivity index (χ0v) is 14.3. The van der Waals surface area contributed by atoms with Crippen LogP contribution in [0.5, 0.6) is 0 Å². The molecule has 21 heavy (non-hydrogen) atoms. The lowest BCUT2D eigenvalue weighted by Crippen LogP contribution is -2.47. The number of hydrogen-bond donors (Lipinski definition) is 1. The second-order valence-electron chi connectivity index (χ2n) is 5.44. The molecule has 1 fully saturated rings. The van der Waals surface area contributed by atoms with Crippen LogP contribution in [0.2, 0.25) is 0 Å². The van der Waals surface area contributed by atoms with Gasteiger partial charge in [0.25, 0.3) is 0 Å². The van der Waals surface area contributed by atoms with Crippen LogP contribution in [0, 0.1) is 0 Å². The summed E-state index contributed by atoms with van der Waals surface area (Å²) in [5, 5.41) is 3.00. The number of nitrogens with one attached hydrogen (secondary N) is 1. The van der Waals surface area contributed by atoms with Crippen LogP contribution in [0.25, 0.3) is 0 Å². The predicted molar refractivity (Wildman–Crippen MR) is 90.4 cm³/mol. The molecule has 2 atom stereocenters. The summed E-state index contributed by atoms with van der Waals surface area (Å²) in [6.45, 7) is 1.66. The standard InChI is InChI=1S/C15H24N2O2S2/c1-16-14(13-6-4-3-5-7-13)8-9-17-10-11-20-12-15(17)21(2,18)19/h3-7,14-16H,8-12H2,1-2H3. The van der Waals surface area contributed by atoms with Crippen molar-refractivity contribution in [2.24, 2.45) is 0 Å². The quantitative estimate of drug-likeness (QED) is 0.862. The van der Waals surface area contributed by atoms with Gasteiger partial charge in [-0.05, 0) is 19.0 Å². The van der Waals surface area contributed by atoms with Crippen LogP contribution in [-0.2, 0) is 9.84 Å². The fourth-order valence-electron chi connectivity index (χ4n) is 2.72. The largest absolute Gasteiger partial charge is 0.313 e. The van der Waals surface area contributed by atoms with E-state index in [1.165, 1.54) is 11.8 Å². The highest BCUT2D eigenvalue weighted by molar-refractivity contribution is 8.00. The topological polar surface area (TPSA) is 49.4 Å². The van der Waals surface area contributed by atoms with Crippen LogP contribution in [-0.4, -0.2) is 56.6 Å². The third-order valence-corrected chi connectivity index (χ3v) is 6.63. The molecule has 1 saturated heterocycles. The highest BCUT2D eigenvalue weighted by Gasteiger charge is 2.30. The predicted octanol–water partition coefficient (Wildman–Crippen LogP) is 1.76. The molecule has 4 nitrogen and oxygen atoms in total. The van der Waals surface area contributed by atoms with Gasteiger partial charge in [-0.2, -0.15) is 11.8 Å². The molecule has 118 valence electrons. The van der Waals surface area contributed by atoms with Crippen molar-refractivity contribution in [2.45, 2.75) is 17.8 Å². The van der Waals surface area contributed by atoms with Gasteiger partial charge in [0.1, 0.15) is 5.37 Å². The Kier molecular flexibility index (Phi) is 6.10. The fourth-order valence-corrected chi connectivity index (χ4v) is 5.70. The van der Waals surface area contributed by atoms with E-state index in [2.05, 4.69) is 22.3 Å². The van der Waals surface area contributed by atoms with Crippen molar-refractivity contribution in [3.05, 3.63) is 35.9 Å². The van der Waals surface area contributed by atoms with Crippen molar-refractivity contribution < 1.29 is 8.42 Å². The first-order valence-corrected chi connectivity index (χ1v) is 10.4. The Hall–Kier alpha value is -0.560. The second-order valence-corrected chi connectivity index (χ2v) is 8.79. The third-order valence-electron chi connectivity index (χ3n) is 3.94. The summed E-state index contributed by atoms with van der Waals surface area (Å²) in [5.41, 5.74) is 1.25. The van der Waals surface area contributed by atoms with Crippen LogP contribution in [0.4, 0.5) is 0 Å². The summed E-state index contributed by atoms with van der Waals surface area (Å²) in [5.74, 6) is 1.70. The Morgan fingerprint density at radius 1 is 1.38 bits per heavy atom. The van der Waals surface area contributed by atoms with E-state index < -0.39 is 9.84 Å². The number of sulfone groups is 1. The van der Waals surface area contributed by atoms with Crippen LogP contribution < -0.4 is 5.32 Å². The average molecular weight is 329 g/mol. The van der Waals surface area contributed by atoms with E-state index in [4.69, 9.17) is 0 Å². The first-order chi connectivity index (χ1) is 10.0. The third kappa shape index (κ3) is 4.71. The molecule has 1 aliphatic heterocycles. The molecule has 0 aromatic heterocycles. The lowest BCUT2D eigenvalue weighted by molar-refractivity contribution is 0.255. The summed E-state index contributed by atoms with van der Waals surface area (Å²) >= 11 is 1.73. The Bertz CT molecular complexity index is 534. The Morgan fingerprint density at radius 3 is 2.71 bits per heavy atom. The van der Waals surface area contributed by atoms with E-state index in [-0.39, 0.29) is 11.4 Å². The Morgan fingerprint density at radius 2 is 2.10 bits per heavy atom. The maximum absolute atomic E-state index is 11.9. The van der Waals surface area contributed by atoms with Crippen LogP contribution in [0.3, 0.4) is 0 Å². The van der Waals surface area contributed by atoms with Gasteiger partial charge < -0.3 is 5.32 Å². The molecule has 0 bridgehead atoms. The van der Waals surface area contributed by atoms with E-state index in [9.17, 15) is 8.42 Å². The molecule has 0 amide bonds.